The lowest BCUT2D eigenvalue weighted by Crippen LogP contribution is -2.34. The molecule has 29 heavy (non-hydrogen) atoms. The van der Waals surface area contributed by atoms with Crippen molar-refractivity contribution in [3.63, 3.8) is 0 Å². The first-order chi connectivity index (χ1) is 14.1. The van der Waals surface area contributed by atoms with Crippen LogP contribution in [0.4, 0.5) is 16.2 Å². The number of nitrogens with zero attached hydrogens (tertiary/aromatic N) is 1. The molecule has 0 aromatic heterocycles. The van der Waals surface area contributed by atoms with Gasteiger partial charge in [0.05, 0.1) is 11.6 Å². The van der Waals surface area contributed by atoms with Crippen LogP contribution in [0.5, 0.6) is 0 Å². The molecule has 2 aromatic rings. The fraction of sp³-hybridized carbons (Fsp3) is 0.391. The summed E-state index contributed by atoms with van der Waals surface area (Å²) in [6, 6.07) is 15.1. The highest BCUT2D eigenvalue weighted by Crippen LogP contribution is 2.28. The molecule has 6 heteroatoms. The Labute approximate surface area is 172 Å². The Morgan fingerprint density at radius 2 is 1.76 bits per heavy atom. The minimum Gasteiger partial charge on any atom is -0.371 e. The molecule has 0 radical (unpaired) electrons. The van der Waals surface area contributed by atoms with E-state index in [4.69, 9.17) is 0 Å². The van der Waals surface area contributed by atoms with E-state index in [2.05, 4.69) is 20.9 Å². The summed E-state index contributed by atoms with van der Waals surface area (Å²) in [4.78, 5) is 27.4. The van der Waals surface area contributed by atoms with E-state index in [0.717, 1.165) is 37.2 Å². The highest BCUT2D eigenvalue weighted by molar-refractivity contribution is 6.02. The van der Waals surface area contributed by atoms with Gasteiger partial charge in [-0.15, -0.1) is 0 Å². The van der Waals surface area contributed by atoms with Gasteiger partial charge in [0.25, 0.3) is 5.91 Å². The smallest absolute Gasteiger partial charge is 0.319 e. The van der Waals surface area contributed by atoms with E-state index in [9.17, 15) is 9.59 Å². The number of carbonyl (C=O) groups is 2. The molecule has 1 aliphatic rings. The van der Waals surface area contributed by atoms with E-state index in [1.54, 1.807) is 6.07 Å². The molecular weight excluding hydrogens is 364 g/mol. The second-order valence-electron chi connectivity index (χ2n) is 7.37. The molecule has 0 bridgehead atoms. The maximum absolute atomic E-state index is 13.2. The first-order valence-electron chi connectivity index (χ1n) is 10.4. The van der Waals surface area contributed by atoms with Crippen LogP contribution in [-0.2, 0) is 0 Å². The molecule has 1 atom stereocenters. The van der Waals surface area contributed by atoms with Gasteiger partial charge in [0, 0.05) is 31.0 Å². The van der Waals surface area contributed by atoms with Crippen LogP contribution >= 0.6 is 0 Å². The molecule has 154 valence electrons. The zero-order chi connectivity index (χ0) is 20.6. The predicted molar refractivity (Wildman–Crippen MR) is 118 cm³/mol. The fourth-order valence-corrected chi connectivity index (χ4v) is 3.64. The van der Waals surface area contributed by atoms with Crippen LogP contribution in [0.1, 0.15) is 55.1 Å². The molecule has 3 rings (SSSR count). The summed E-state index contributed by atoms with van der Waals surface area (Å²) in [5, 5.41) is 8.62. The molecule has 1 unspecified atom stereocenters. The summed E-state index contributed by atoms with van der Waals surface area (Å²) in [6.45, 7) is 6.27. The summed E-state index contributed by atoms with van der Waals surface area (Å²) in [6.07, 6.45) is 3.47. The minimum atomic E-state index is -0.276. The fourth-order valence-electron chi connectivity index (χ4n) is 3.64. The van der Waals surface area contributed by atoms with Crippen molar-refractivity contribution in [1.82, 2.24) is 10.6 Å². The lowest BCUT2D eigenvalue weighted by Gasteiger charge is -2.31. The van der Waals surface area contributed by atoms with Gasteiger partial charge < -0.3 is 20.9 Å². The number of hydrogen-bond acceptors (Lipinski definition) is 3. The summed E-state index contributed by atoms with van der Waals surface area (Å²) in [5.41, 5.74) is 3.17. The summed E-state index contributed by atoms with van der Waals surface area (Å²) < 4.78 is 0. The molecule has 1 saturated heterocycles. The van der Waals surface area contributed by atoms with Crippen molar-refractivity contribution in [2.75, 3.05) is 29.9 Å². The summed E-state index contributed by atoms with van der Waals surface area (Å²) >= 11 is 0. The molecule has 6 nitrogen and oxygen atoms in total. The minimum absolute atomic E-state index is 0.113. The number of benzene rings is 2. The van der Waals surface area contributed by atoms with Gasteiger partial charge in [-0.25, -0.2) is 4.79 Å². The van der Waals surface area contributed by atoms with Crippen LogP contribution in [0, 0.1) is 0 Å². The number of nitrogens with one attached hydrogen (secondary N) is 3. The number of hydrogen-bond donors (Lipinski definition) is 3. The van der Waals surface area contributed by atoms with Crippen molar-refractivity contribution in [1.29, 1.82) is 0 Å². The normalized spacial score (nSPS) is 14.8. The monoisotopic (exact) mass is 394 g/mol. The largest absolute Gasteiger partial charge is 0.371 e. The molecule has 2 aromatic carbocycles. The van der Waals surface area contributed by atoms with Gasteiger partial charge in [-0.05, 0) is 56.9 Å². The van der Waals surface area contributed by atoms with Gasteiger partial charge in [-0.3, -0.25) is 4.79 Å². The Hall–Kier alpha value is -3.02. The SMILES string of the molecule is CCNC(=O)Nc1ccc(N2CCCCC2)c(C(=O)NC(C)c2ccccc2)c1. The summed E-state index contributed by atoms with van der Waals surface area (Å²) in [5.74, 6) is -0.138. The Morgan fingerprint density at radius 1 is 1.03 bits per heavy atom. The van der Waals surface area contributed by atoms with Crippen LogP contribution in [0.15, 0.2) is 48.5 Å². The second-order valence-corrected chi connectivity index (χ2v) is 7.37. The molecular formula is C23H30N4O2. The number of piperidine rings is 1. The zero-order valence-corrected chi connectivity index (χ0v) is 17.2. The molecule has 1 aliphatic heterocycles. The Kier molecular flexibility index (Phi) is 7.11. The van der Waals surface area contributed by atoms with Gasteiger partial charge in [0.2, 0.25) is 0 Å². The van der Waals surface area contributed by atoms with Crippen molar-refractivity contribution in [2.24, 2.45) is 0 Å². The predicted octanol–water partition coefficient (Wildman–Crippen LogP) is 4.31. The quantitative estimate of drug-likeness (QED) is 0.684. The molecule has 3 N–H and O–H groups in total. The van der Waals surface area contributed by atoms with Gasteiger partial charge >= 0.3 is 6.03 Å². The third-order valence-electron chi connectivity index (χ3n) is 5.18. The summed E-state index contributed by atoms with van der Waals surface area (Å²) in [7, 11) is 0. The van der Waals surface area contributed by atoms with Gasteiger partial charge in [-0.2, -0.15) is 0 Å². The van der Waals surface area contributed by atoms with Crippen LogP contribution in [-0.4, -0.2) is 31.6 Å². The second kappa shape index (κ2) is 9.96. The lowest BCUT2D eigenvalue weighted by molar-refractivity contribution is 0.0940. The van der Waals surface area contributed by atoms with E-state index in [1.807, 2.05) is 56.3 Å². The standard InChI is InChI=1S/C23H30N4O2/c1-3-24-23(29)26-19-12-13-21(27-14-8-5-9-15-27)20(16-19)22(28)25-17(2)18-10-6-4-7-11-18/h4,6-7,10-13,16-17H,3,5,8-9,14-15H2,1-2H3,(H,25,28)(H2,24,26,29). The molecule has 0 spiro atoms. The van der Waals surface area contributed by atoms with E-state index < -0.39 is 0 Å². The third kappa shape index (κ3) is 5.50. The van der Waals surface area contributed by atoms with Crippen LogP contribution in [0.25, 0.3) is 0 Å². The van der Waals surface area contributed by atoms with Gasteiger partial charge in [0.1, 0.15) is 0 Å². The molecule has 0 saturated carbocycles. The number of rotatable bonds is 6. The lowest BCUT2D eigenvalue weighted by atomic mass is 10.0. The Morgan fingerprint density at radius 3 is 2.45 bits per heavy atom. The van der Waals surface area contributed by atoms with Gasteiger partial charge in [-0.1, -0.05) is 30.3 Å². The Bertz CT molecular complexity index is 832. The van der Waals surface area contributed by atoms with Crippen LogP contribution < -0.4 is 20.9 Å². The number of anilines is 2. The average molecular weight is 395 g/mol. The van der Waals surface area contributed by atoms with E-state index in [-0.39, 0.29) is 18.0 Å². The van der Waals surface area contributed by atoms with Crippen molar-refractivity contribution in [3.8, 4) is 0 Å². The maximum atomic E-state index is 13.2. The highest BCUT2D eigenvalue weighted by Gasteiger charge is 2.21. The third-order valence-corrected chi connectivity index (χ3v) is 5.18. The van der Waals surface area contributed by atoms with Crippen molar-refractivity contribution in [2.45, 2.75) is 39.2 Å². The number of carbonyl (C=O) groups excluding carboxylic acids is 2. The maximum Gasteiger partial charge on any atom is 0.319 e. The van der Waals surface area contributed by atoms with E-state index in [0.29, 0.717) is 17.8 Å². The first-order valence-corrected chi connectivity index (χ1v) is 10.4. The first kappa shape index (κ1) is 20.7. The number of urea groups is 1. The van der Waals surface area contributed by atoms with E-state index >= 15 is 0 Å². The van der Waals surface area contributed by atoms with Crippen LogP contribution in [0.2, 0.25) is 0 Å². The van der Waals surface area contributed by atoms with Crippen molar-refractivity contribution >= 4 is 23.3 Å². The van der Waals surface area contributed by atoms with Crippen LogP contribution in [0.3, 0.4) is 0 Å². The number of amides is 3. The molecule has 1 heterocycles. The van der Waals surface area contributed by atoms with Crippen molar-refractivity contribution < 1.29 is 9.59 Å². The van der Waals surface area contributed by atoms with E-state index in [1.165, 1.54) is 6.42 Å². The Balaban J connectivity index is 1.85. The average Bonchev–Trinajstić information content (AvgIpc) is 2.75. The van der Waals surface area contributed by atoms with Gasteiger partial charge in [0.15, 0.2) is 0 Å². The molecule has 3 amide bonds. The van der Waals surface area contributed by atoms with Crippen molar-refractivity contribution in [3.05, 3.63) is 59.7 Å². The zero-order valence-electron chi connectivity index (χ0n) is 17.2. The molecule has 0 aliphatic carbocycles. The topological polar surface area (TPSA) is 73.5 Å². The molecule has 1 fully saturated rings. The highest BCUT2D eigenvalue weighted by atomic mass is 16.2.